The Morgan fingerprint density at radius 1 is 0.900 bits per heavy atom. The average Bonchev–Trinajstić information content (AvgIpc) is 2.89. The summed E-state index contributed by atoms with van der Waals surface area (Å²) < 4.78 is 26.9. The fraction of sp³-hybridized carbons (Fsp3) is 1.00. The van der Waals surface area contributed by atoms with Crippen molar-refractivity contribution in [3.63, 3.8) is 0 Å². The van der Waals surface area contributed by atoms with Gasteiger partial charge in [0.15, 0.2) is 0 Å². The van der Waals surface area contributed by atoms with Crippen molar-refractivity contribution >= 4 is 0 Å². The minimum Gasteiger partial charge on any atom is -0.382 e. The lowest BCUT2D eigenvalue weighted by molar-refractivity contribution is -0.0346. The van der Waals surface area contributed by atoms with Gasteiger partial charge in [0, 0.05) is 13.7 Å². The van der Waals surface area contributed by atoms with Crippen LogP contribution in [0.2, 0.25) is 0 Å². The second-order valence-corrected chi connectivity index (χ2v) is 4.81. The minimum atomic E-state index is 0.241. The first-order chi connectivity index (χ1) is 9.86. The van der Waals surface area contributed by atoms with Crippen LogP contribution in [-0.4, -0.2) is 79.2 Å². The summed E-state index contributed by atoms with van der Waals surface area (Å²) in [5.41, 5.74) is 0. The largest absolute Gasteiger partial charge is 0.382 e. The van der Waals surface area contributed by atoms with Crippen LogP contribution in [0.5, 0.6) is 0 Å². The SMILES string of the molecule is CNCC1CCC(COCCOCCOCCOC)O1. The van der Waals surface area contributed by atoms with E-state index in [1.165, 1.54) is 0 Å². The van der Waals surface area contributed by atoms with Crippen molar-refractivity contribution in [3.8, 4) is 0 Å². The van der Waals surface area contributed by atoms with E-state index >= 15 is 0 Å². The molecule has 2 atom stereocenters. The van der Waals surface area contributed by atoms with Crippen LogP contribution in [0.1, 0.15) is 12.8 Å². The van der Waals surface area contributed by atoms with Crippen molar-refractivity contribution in [2.24, 2.45) is 0 Å². The molecule has 1 aliphatic heterocycles. The molecule has 1 rings (SSSR count). The molecule has 1 saturated heterocycles. The third-order valence-corrected chi connectivity index (χ3v) is 3.11. The van der Waals surface area contributed by atoms with Crippen LogP contribution >= 0.6 is 0 Å². The zero-order valence-electron chi connectivity index (χ0n) is 12.8. The van der Waals surface area contributed by atoms with Crippen molar-refractivity contribution in [2.45, 2.75) is 25.0 Å². The molecule has 0 radical (unpaired) electrons. The highest BCUT2D eigenvalue weighted by Crippen LogP contribution is 2.19. The Balaban J connectivity index is 1.79. The molecule has 0 bridgehead atoms. The molecule has 0 saturated carbocycles. The normalized spacial score (nSPS) is 22.5. The maximum absolute atomic E-state index is 5.82. The molecule has 120 valence electrons. The predicted molar refractivity (Wildman–Crippen MR) is 76.2 cm³/mol. The van der Waals surface area contributed by atoms with Gasteiger partial charge in [0.05, 0.1) is 58.5 Å². The van der Waals surface area contributed by atoms with E-state index in [1.54, 1.807) is 7.11 Å². The number of ether oxygens (including phenoxy) is 5. The van der Waals surface area contributed by atoms with Gasteiger partial charge in [0.25, 0.3) is 0 Å². The molecule has 1 N–H and O–H groups in total. The molecule has 1 aliphatic rings. The Morgan fingerprint density at radius 3 is 2.15 bits per heavy atom. The number of likely N-dealkylation sites (N-methyl/N-ethyl adjacent to an activating group) is 1. The van der Waals surface area contributed by atoms with Crippen LogP contribution in [0.3, 0.4) is 0 Å². The molecule has 6 nitrogen and oxygen atoms in total. The third kappa shape index (κ3) is 8.84. The molecule has 2 unspecified atom stereocenters. The highest BCUT2D eigenvalue weighted by molar-refractivity contribution is 4.74. The fourth-order valence-electron chi connectivity index (χ4n) is 2.08. The van der Waals surface area contributed by atoms with Crippen LogP contribution in [-0.2, 0) is 23.7 Å². The number of nitrogens with one attached hydrogen (secondary N) is 1. The van der Waals surface area contributed by atoms with Gasteiger partial charge >= 0.3 is 0 Å². The molecular formula is C14H29NO5. The molecule has 6 heteroatoms. The molecular weight excluding hydrogens is 262 g/mol. The van der Waals surface area contributed by atoms with Crippen molar-refractivity contribution in [2.75, 3.05) is 67.0 Å². The molecule has 0 aromatic carbocycles. The molecule has 0 aromatic heterocycles. The number of hydrogen-bond acceptors (Lipinski definition) is 6. The summed E-state index contributed by atoms with van der Waals surface area (Å²) in [5, 5.41) is 3.13. The van der Waals surface area contributed by atoms with Gasteiger partial charge < -0.3 is 29.0 Å². The fourth-order valence-corrected chi connectivity index (χ4v) is 2.08. The lowest BCUT2D eigenvalue weighted by Crippen LogP contribution is -2.25. The van der Waals surface area contributed by atoms with Crippen molar-refractivity contribution in [1.82, 2.24) is 5.32 Å². The van der Waals surface area contributed by atoms with Gasteiger partial charge in [-0.25, -0.2) is 0 Å². The van der Waals surface area contributed by atoms with Gasteiger partial charge in [0.1, 0.15) is 0 Å². The first-order valence-corrected chi connectivity index (χ1v) is 7.39. The van der Waals surface area contributed by atoms with Crippen molar-refractivity contribution < 1.29 is 23.7 Å². The Hall–Kier alpha value is -0.240. The molecule has 0 amide bonds. The summed E-state index contributed by atoms with van der Waals surface area (Å²) in [6, 6.07) is 0. The highest BCUT2D eigenvalue weighted by Gasteiger charge is 2.24. The van der Waals surface area contributed by atoms with E-state index in [-0.39, 0.29) is 6.10 Å². The minimum absolute atomic E-state index is 0.241. The summed E-state index contributed by atoms with van der Waals surface area (Å²) in [6.45, 7) is 5.21. The molecule has 0 aromatic rings. The van der Waals surface area contributed by atoms with Crippen LogP contribution < -0.4 is 5.32 Å². The predicted octanol–water partition coefficient (Wildman–Crippen LogP) is 0.450. The molecule has 1 heterocycles. The van der Waals surface area contributed by atoms with E-state index < -0.39 is 0 Å². The van der Waals surface area contributed by atoms with E-state index in [0.717, 1.165) is 19.4 Å². The molecule has 20 heavy (non-hydrogen) atoms. The standard InChI is InChI=1S/C14H29NO5/c1-15-11-13-3-4-14(20-13)12-19-10-9-18-8-7-17-6-5-16-2/h13-15H,3-12H2,1-2H3. The maximum atomic E-state index is 5.82. The van der Waals surface area contributed by atoms with Gasteiger partial charge in [-0.2, -0.15) is 0 Å². The Labute approximate surface area is 122 Å². The summed E-state index contributed by atoms with van der Waals surface area (Å²) in [4.78, 5) is 0. The summed E-state index contributed by atoms with van der Waals surface area (Å²) in [6.07, 6.45) is 2.78. The smallest absolute Gasteiger partial charge is 0.0813 e. The first-order valence-electron chi connectivity index (χ1n) is 7.39. The average molecular weight is 291 g/mol. The monoisotopic (exact) mass is 291 g/mol. The van der Waals surface area contributed by atoms with E-state index in [4.69, 9.17) is 23.7 Å². The van der Waals surface area contributed by atoms with Gasteiger partial charge in [-0.1, -0.05) is 0 Å². The first kappa shape index (κ1) is 17.8. The summed E-state index contributed by atoms with van der Waals surface area (Å²) >= 11 is 0. The lowest BCUT2D eigenvalue weighted by atomic mass is 10.2. The Kier molecular flexibility index (Phi) is 11.1. The van der Waals surface area contributed by atoms with Gasteiger partial charge in [-0.15, -0.1) is 0 Å². The van der Waals surface area contributed by atoms with Crippen LogP contribution in [0.25, 0.3) is 0 Å². The van der Waals surface area contributed by atoms with Gasteiger partial charge in [0.2, 0.25) is 0 Å². The van der Waals surface area contributed by atoms with E-state index in [2.05, 4.69) is 5.32 Å². The van der Waals surface area contributed by atoms with Crippen LogP contribution in [0.4, 0.5) is 0 Å². The second-order valence-electron chi connectivity index (χ2n) is 4.81. The number of hydrogen-bond donors (Lipinski definition) is 1. The van der Waals surface area contributed by atoms with E-state index in [9.17, 15) is 0 Å². The van der Waals surface area contributed by atoms with E-state index in [1.807, 2.05) is 7.05 Å². The summed E-state index contributed by atoms with van der Waals surface area (Å²) in [7, 11) is 3.61. The zero-order chi connectivity index (χ0) is 14.5. The number of methoxy groups -OCH3 is 1. The topological polar surface area (TPSA) is 58.2 Å². The quantitative estimate of drug-likeness (QED) is 0.497. The van der Waals surface area contributed by atoms with E-state index in [0.29, 0.717) is 52.4 Å². The Bertz CT molecular complexity index is 218. The van der Waals surface area contributed by atoms with Crippen LogP contribution in [0.15, 0.2) is 0 Å². The Morgan fingerprint density at radius 2 is 1.50 bits per heavy atom. The van der Waals surface area contributed by atoms with Crippen molar-refractivity contribution in [3.05, 3.63) is 0 Å². The lowest BCUT2D eigenvalue weighted by Gasteiger charge is -2.13. The van der Waals surface area contributed by atoms with Crippen molar-refractivity contribution in [1.29, 1.82) is 0 Å². The summed E-state index contributed by atoms with van der Waals surface area (Å²) in [5.74, 6) is 0. The molecule has 0 spiro atoms. The molecule has 0 aliphatic carbocycles. The maximum Gasteiger partial charge on any atom is 0.0813 e. The highest BCUT2D eigenvalue weighted by atomic mass is 16.6. The van der Waals surface area contributed by atoms with Gasteiger partial charge in [-0.05, 0) is 19.9 Å². The second kappa shape index (κ2) is 12.5. The zero-order valence-corrected chi connectivity index (χ0v) is 12.8. The van der Waals surface area contributed by atoms with Gasteiger partial charge in [-0.3, -0.25) is 0 Å². The van der Waals surface area contributed by atoms with Crippen LogP contribution in [0, 0.1) is 0 Å². The number of rotatable bonds is 13. The molecule has 1 fully saturated rings. The third-order valence-electron chi connectivity index (χ3n) is 3.11.